The first-order valence-electron chi connectivity index (χ1n) is 7.61. The summed E-state index contributed by atoms with van der Waals surface area (Å²) < 4.78 is 0. The van der Waals surface area contributed by atoms with Crippen molar-refractivity contribution in [2.24, 2.45) is 5.92 Å². The first-order valence-corrected chi connectivity index (χ1v) is 7.61. The molecule has 0 saturated carbocycles. The van der Waals surface area contributed by atoms with E-state index in [4.69, 9.17) is 0 Å². The number of nitrogens with zero attached hydrogens (tertiary/aromatic N) is 1. The lowest BCUT2D eigenvalue weighted by Crippen LogP contribution is -2.40. The van der Waals surface area contributed by atoms with Gasteiger partial charge in [-0.25, -0.2) is 0 Å². The molecule has 3 nitrogen and oxygen atoms in total. The first-order chi connectivity index (χ1) is 9.61. The molecule has 0 fully saturated rings. The van der Waals surface area contributed by atoms with Gasteiger partial charge in [0.1, 0.15) is 0 Å². The van der Waals surface area contributed by atoms with Crippen LogP contribution in [0.15, 0.2) is 30.3 Å². The molecule has 0 aliphatic heterocycles. The van der Waals surface area contributed by atoms with Gasteiger partial charge in [0.05, 0.1) is 6.04 Å². The number of unbranched alkanes of at least 4 members (excludes halogenated alkanes) is 1. The average molecular weight is 276 g/mol. The molecule has 0 aromatic heterocycles. The van der Waals surface area contributed by atoms with Crippen LogP contribution in [0.2, 0.25) is 0 Å². The van der Waals surface area contributed by atoms with Crippen molar-refractivity contribution in [3.05, 3.63) is 35.9 Å². The third kappa shape index (κ3) is 4.64. The molecule has 1 rings (SSSR count). The lowest BCUT2D eigenvalue weighted by molar-refractivity contribution is -0.137. The summed E-state index contributed by atoms with van der Waals surface area (Å²) in [5.74, 6) is 0.257. The molecular formula is C17H28N2O. The molecule has 0 heterocycles. The lowest BCUT2D eigenvalue weighted by atomic mass is 10.0. The van der Waals surface area contributed by atoms with Gasteiger partial charge in [-0.3, -0.25) is 4.79 Å². The van der Waals surface area contributed by atoms with E-state index in [0.29, 0.717) is 0 Å². The van der Waals surface area contributed by atoms with Crippen molar-refractivity contribution in [3.63, 3.8) is 0 Å². The zero-order chi connectivity index (χ0) is 15.0. The van der Waals surface area contributed by atoms with Crippen LogP contribution in [0.3, 0.4) is 0 Å². The second kappa shape index (κ2) is 8.75. The molecule has 3 heteroatoms. The Morgan fingerprint density at radius 1 is 1.25 bits per heavy atom. The number of amides is 1. The minimum atomic E-state index is 0.0167. The third-order valence-corrected chi connectivity index (χ3v) is 3.72. The number of hydrogen-bond donors (Lipinski definition) is 1. The summed E-state index contributed by atoms with van der Waals surface area (Å²) in [5.41, 5.74) is 1.20. The van der Waals surface area contributed by atoms with E-state index in [2.05, 4.69) is 31.3 Å². The molecule has 0 bridgehead atoms. The van der Waals surface area contributed by atoms with Gasteiger partial charge in [-0.15, -0.1) is 0 Å². The van der Waals surface area contributed by atoms with Crippen molar-refractivity contribution < 1.29 is 4.79 Å². The predicted molar refractivity (Wildman–Crippen MR) is 84.6 cm³/mol. The number of rotatable bonds is 8. The summed E-state index contributed by atoms with van der Waals surface area (Å²) in [6, 6.07) is 10.4. The molecule has 1 N–H and O–H groups in total. The van der Waals surface area contributed by atoms with Crippen LogP contribution in [0.25, 0.3) is 0 Å². The van der Waals surface area contributed by atoms with E-state index in [1.807, 2.05) is 37.1 Å². The van der Waals surface area contributed by atoms with E-state index < -0.39 is 0 Å². The van der Waals surface area contributed by atoms with E-state index in [-0.39, 0.29) is 17.9 Å². The maximum Gasteiger partial charge on any atom is 0.227 e. The van der Waals surface area contributed by atoms with Crippen molar-refractivity contribution in [3.8, 4) is 0 Å². The number of hydrogen-bond acceptors (Lipinski definition) is 2. The highest BCUT2D eigenvalue weighted by atomic mass is 16.2. The van der Waals surface area contributed by atoms with Crippen molar-refractivity contribution in [1.29, 1.82) is 0 Å². The number of benzene rings is 1. The fourth-order valence-electron chi connectivity index (χ4n) is 2.41. The Morgan fingerprint density at radius 3 is 2.45 bits per heavy atom. The van der Waals surface area contributed by atoms with Gasteiger partial charge in [0.15, 0.2) is 0 Å². The Morgan fingerprint density at radius 2 is 1.90 bits per heavy atom. The SMILES string of the molecule is CCCCN(C(=O)C(C)CNC)C(C)c1ccccc1. The molecule has 1 aromatic carbocycles. The Hall–Kier alpha value is -1.35. The van der Waals surface area contributed by atoms with E-state index in [9.17, 15) is 4.79 Å². The molecular weight excluding hydrogens is 248 g/mol. The molecule has 20 heavy (non-hydrogen) atoms. The van der Waals surface area contributed by atoms with Gasteiger partial charge < -0.3 is 10.2 Å². The third-order valence-electron chi connectivity index (χ3n) is 3.72. The van der Waals surface area contributed by atoms with Crippen LogP contribution in [-0.4, -0.2) is 30.9 Å². The van der Waals surface area contributed by atoms with Gasteiger partial charge in [-0.1, -0.05) is 50.6 Å². The van der Waals surface area contributed by atoms with Crippen molar-refractivity contribution in [2.75, 3.05) is 20.1 Å². The minimum absolute atomic E-state index is 0.0167. The van der Waals surface area contributed by atoms with Crippen molar-refractivity contribution >= 4 is 5.91 Å². The minimum Gasteiger partial charge on any atom is -0.336 e. The zero-order valence-corrected chi connectivity index (χ0v) is 13.2. The van der Waals surface area contributed by atoms with Crippen molar-refractivity contribution in [1.82, 2.24) is 10.2 Å². The monoisotopic (exact) mass is 276 g/mol. The predicted octanol–water partition coefficient (Wildman–Crippen LogP) is 3.23. The smallest absolute Gasteiger partial charge is 0.227 e. The molecule has 112 valence electrons. The van der Waals surface area contributed by atoms with Crippen LogP contribution in [-0.2, 0) is 4.79 Å². The van der Waals surface area contributed by atoms with Crippen molar-refractivity contribution in [2.45, 2.75) is 39.7 Å². The quantitative estimate of drug-likeness (QED) is 0.790. The summed E-state index contributed by atoms with van der Waals surface area (Å²) in [6.45, 7) is 7.83. The molecule has 2 unspecified atom stereocenters. The van der Waals surface area contributed by atoms with Gasteiger partial charge in [0.25, 0.3) is 0 Å². The van der Waals surface area contributed by atoms with Crippen LogP contribution in [0, 0.1) is 5.92 Å². The summed E-state index contributed by atoms with van der Waals surface area (Å²) in [5, 5.41) is 3.09. The first kappa shape index (κ1) is 16.7. The van der Waals surface area contributed by atoms with Crippen LogP contribution in [0.4, 0.5) is 0 Å². The maximum absolute atomic E-state index is 12.6. The van der Waals surface area contributed by atoms with E-state index in [1.54, 1.807) is 0 Å². The summed E-state index contributed by atoms with van der Waals surface area (Å²) >= 11 is 0. The van der Waals surface area contributed by atoms with E-state index >= 15 is 0 Å². The number of carbonyl (C=O) groups is 1. The number of carbonyl (C=O) groups excluding carboxylic acids is 1. The molecule has 0 radical (unpaired) electrons. The van der Waals surface area contributed by atoms with Gasteiger partial charge in [-0.2, -0.15) is 0 Å². The highest BCUT2D eigenvalue weighted by molar-refractivity contribution is 5.79. The fraction of sp³-hybridized carbons (Fsp3) is 0.588. The van der Waals surface area contributed by atoms with Gasteiger partial charge in [-0.05, 0) is 26.0 Å². The van der Waals surface area contributed by atoms with Crippen LogP contribution in [0.5, 0.6) is 0 Å². The topological polar surface area (TPSA) is 32.3 Å². The average Bonchev–Trinajstić information content (AvgIpc) is 2.48. The molecule has 0 aliphatic carbocycles. The standard InChI is InChI=1S/C17H28N2O/c1-5-6-12-19(17(20)14(2)13-18-4)15(3)16-10-8-7-9-11-16/h7-11,14-15,18H,5-6,12-13H2,1-4H3. The molecule has 0 aliphatic rings. The highest BCUT2D eigenvalue weighted by Crippen LogP contribution is 2.22. The molecule has 0 saturated heterocycles. The second-order valence-electron chi connectivity index (χ2n) is 5.43. The van der Waals surface area contributed by atoms with Crippen LogP contribution >= 0.6 is 0 Å². The Balaban J connectivity index is 2.85. The van der Waals surface area contributed by atoms with E-state index in [1.165, 1.54) is 5.56 Å². The molecule has 1 amide bonds. The second-order valence-corrected chi connectivity index (χ2v) is 5.43. The van der Waals surface area contributed by atoms with Crippen LogP contribution in [0.1, 0.15) is 45.2 Å². The normalized spacial score (nSPS) is 13.8. The highest BCUT2D eigenvalue weighted by Gasteiger charge is 2.24. The summed E-state index contributed by atoms with van der Waals surface area (Å²) in [7, 11) is 1.89. The summed E-state index contributed by atoms with van der Waals surface area (Å²) in [4.78, 5) is 14.7. The largest absolute Gasteiger partial charge is 0.336 e. The number of nitrogens with one attached hydrogen (secondary N) is 1. The zero-order valence-electron chi connectivity index (χ0n) is 13.2. The van der Waals surface area contributed by atoms with Gasteiger partial charge >= 0.3 is 0 Å². The fourth-order valence-corrected chi connectivity index (χ4v) is 2.41. The van der Waals surface area contributed by atoms with Crippen LogP contribution < -0.4 is 5.32 Å². The molecule has 0 spiro atoms. The van der Waals surface area contributed by atoms with Gasteiger partial charge in [0.2, 0.25) is 5.91 Å². The van der Waals surface area contributed by atoms with Gasteiger partial charge in [0, 0.05) is 19.0 Å². The maximum atomic E-state index is 12.6. The van der Waals surface area contributed by atoms with E-state index in [0.717, 1.165) is 25.9 Å². The summed E-state index contributed by atoms with van der Waals surface area (Å²) in [6.07, 6.45) is 2.15. The Bertz CT molecular complexity index is 391. The molecule has 2 atom stereocenters. The Labute approximate surface area is 123 Å². The Kier molecular flexibility index (Phi) is 7.31. The lowest BCUT2D eigenvalue weighted by Gasteiger charge is -2.32. The molecule has 1 aromatic rings.